The molecule has 129 valence electrons. The van der Waals surface area contributed by atoms with Gasteiger partial charge in [0.05, 0.1) is 17.6 Å². The lowest BCUT2D eigenvalue weighted by atomic mass is 10.1. The molecule has 0 aliphatic carbocycles. The van der Waals surface area contributed by atoms with Crippen LogP contribution in [0.15, 0.2) is 53.0 Å². The van der Waals surface area contributed by atoms with Crippen LogP contribution in [0.4, 0.5) is 4.39 Å². The van der Waals surface area contributed by atoms with Gasteiger partial charge >= 0.3 is 0 Å². The third kappa shape index (κ3) is 2.69. The number of carbonyl (C=O) groups excluding carboxylic acids is 1. The maximum Gasteiger partial charge on any atom is 0.249 e. The topological polar surface area (TPSA) is 48.0 Å². The smallest absolute Gasteiger partial charge is 0.249 e. The predicted octanol–water partition coefficient (Wildman–Crippen LogP) is 4.95. The summed E-state index contributed by atoms with van der Waals surface area (Å²) in [6.07, 6.45) is 0. The maximum atomic E-state index is 14.4. The summed E-state index contributed by atoms with van der Waals surface area (Å²) in [6.45, 7) is 2.33. The van der Waals surface area contributed by atoms with E-state index in [4.69, 9.17) is 5.73 Å². The molecular weight excluding hydrogens is 395 g/mol. The van der Waals surface area contributed by atoms with Crippen LogP contribution in [0.5, 0.6) is 0 Å². The highest BCUT2D eigenvalue weighted by Gasteiger charge is 2.17. The van der Waals surface area contributed by atoms with Crippen LogP contribution in [0.2, 0.25) is 0 Å². The maximum absolute atomic E-state index is 14.4. The van der Waals surface area contributed by atoms with Crippen molar-refractivity contribution >= 4 is 43.6 Å². The molecule has 0 aliphatic heterocycles. The van der Waals surface area contributed by atoms with Crippen LogP contribution < -0.4 is 5.73 Å². The molecule has 3 aromatic carbocycles. The number of rotatable bonds is 3. The van der Waals surface area contributed by atoms with E-state index < -0.39 is 5.91 Å². The minimum atomic E-state index is -0.488. The second-order valence-corrected chi connectivity index (χ2v) is 7.24. The van der Waals surface area contributed by atoms with E-state index in [2.05, 4.69) is 22.0 Å². The van der Waals surface area contributed by atoms with Crippen molar-refractivity contribution in [2.75, 3.05) is 0 Å². The molecule has 0 saturated carbocycles. The average molecular weight is 410 g/mol. The summed E-state index contributed by atoms with van der Waals surface area (Å²) < 4.78 is 17.1. The fraction of sp³-hybridized carbons (Fsp3) is 0.0952. The Bertz CT molecular complexity index is 1180. The van der Waals surface area contributed by atoms with Crippen molar-refractivity contribution < 1.29 is 9.18 Å². The second kappa shape index (κ2) is 6.25. The molecule has 0 fully saturated rings. The van der Waals surface area contributed by atoms with E-state index in [-0.39, 0.29) is 5.82 Å². The molecule has 0 bridgehead atoms. The van der Waals surface area contributed by atoms with Gasteiger partial charge < -0.3 is 10.3 Å². The normalized spacial score (nSPS) is 11.3. The van der Waals surface area contributed by atoms with Crippen LogP contribution in [-0.2, 0) is 6.54 Å². The molecular formula is C21H15BrFN2O. The van der Waals surface area contributed by atoms with Gasteiger partial charge in [0.2, 0.25) is 5.91 Å². The van der Waals surface area contributed by atoms with Crippen molar-refractivity contribution in [2.24, 2.45) is 5.73 Å². The molecule has 26 heavy (non-hydrogen) atoms. The van der Waals surface area contributed by atoms with E-state index in [1.165, 1.54) is 6.07 Å². The largest absolute Gasteiger partial charge is 0.366 e. The number of hydrogen-bond acceptors (Lipinski definition) is 1. The monoisotopic (exact) mass is 409 g/mol. The third-order valence-corrected chi connectivity index (χ3v) is 5.04. The Kier molecular flexibility index (Phi) is 4.04. The van der Waals surface area contributed by atoms with Crippen LogP contribution in [0.1, 0.15) is 21.5 Å². The minimum Gasteiger partial charge on any atom is -0.366 e. The SMILES string of the molecule is Cc1c[c]c2c3c(C(N)=O)cccc3n(Cc3ccc(Br)cc3F)c2c1. The lowest BCUT2D eigenvalue weighted by Crippen LogP contribution is -2.11. The van der Waals surface area contributed by atoms with E-state index in [1.807, 2.05) is 35.8 Å². The first-order valence-electron chi connectivity index (χ1n) is 8.12. The summed E-state index contributed by atoms with van der Waals surface area (Å²) in [7, 11) is 0. The molecule has 1 heterocycles. The quantitative estimate of drug-likeness (QED) is 0.511. The molecule has 1 aromatic heterocycles. The molecule has 0 atom stereocenters. The number of hydrogen-bond donors (Lipinski definition) is 1. The average Bonchev–Trinajstić information content (AvgIpc) is 2.90. The van der Waals surface area contributed by atoms with Gasteiger partial charge in [0.15, 0.2) is 0 Å². The second-order valence-electron chi connectivity index (χ2n) is 6.32. The fourth-order valence-electron chi connectivity index (χ4n) is 3.36. The van der Waals surface area contributed by atoms with E-state index >= 15 is 0 Å². The number of primary amides is 1. The van der Waals surface area contributed by atoms with Gasteiger partial charge in [-0.1, -0.05) is 34.1 Å². The molecule has 3 nitrogen and oxygen atoms in total. The van der Waals surface area contributed by atoms with Gasteiger partial charge in [-0.05, 0) is 48.9 Å². The predicted molar refractivity (Wildman–Crippen MR) is 105 cm³/mol. The van der Waals surface area contributed by atoms with Crippen LogP contribution in [-0.4, -0.2) is 10.5 Å². The number of nitrogens with two attached hydrogens (primary N) is 1. The Morgan fingerprint density at radius 3 is 2.77 bits per heavy atom. The highest BCUT2D eigenvalue weighted by Crippen LogP contribution is 2.33. The first-order valence-corrected chi connectivity index (χ1v) is 8.92. The third-order valence-electron chi connectivity index (χ3n) is 4.55. The number of amides is 1. The Morgan fingerprint density at radius 1 is 1.23 bits per heavy atom. The number of halogens is 2. The van der Waals surface area contributed by atoms with Gasteiger partial charge in [0.1, 0.15) is 5.82 Å². The molecule has 1 amide bonds. The Morgan fingerprint density at radius 2 is 2.04 bits per heavy atom. The summed E-state index contributed by atoms with van der Waals surface area (Å²) in [5.41, 5.74) is 9.36. The standard InChI is InChI=1S/C21H15BrFN2O/c1-12-5-8-15-19(9-12)25(11-13-6-7-14(22)10-17(13)23)18-4-2-3-16(20(15)18)21(24)26/h2-7,9-10H,11H2,1H3,(H2,24,26). The lowest BCUT2D eigenvalue weighted by Gasteiger charge is -2.10. The number of nitrogens with zero attached hydrogens (tertiary/aromatic N) is 1. The van der Waals surface area contributed by atoms with E-state index in [0.717, 1.165) is 27.4 Å². The number of aryl methyl sites for hydroxylation is 1. The van der Waals surface area contributed by atoms with Gasteiger partial charge in [-0.3, -0.25) is 4.79 Å². The molecule has 0 aliphatic rings. The highest BCUT2D eigenvalue weighted by molar-refractivity contribution is 9.10. The van der Waals surface area contributed by atoms with Crippen molar-refractivity contribution in [1.82, 2.24) is 4.57 Å². The molecule has 2 N–H and O–H groups in total. The first kappa shape index (κ1) is 16.8. The molecule has 4 rings (SSSR count). The zero-order valence-corrected chi connectivity index (χ0v) is 15.6. The summed E-state index contributed by atoms with van der Waals surface area (Å²) in [4.78, 5) is 11.9. The fourth-order valence-corrected chi connectivity index (χ4v) is 3.69. The molecule has 5 heteroatoms. The first-order chi connectivity index (χ1) is 12.5. The number of aromatic nitrogens is 1. The van der Waals surface area contributed by atoms with Crippen molar-refractivity contribution in [3.05, 3.63) is 81.6 Å². The summed E-state index contributed by atoms with van der Waals surface area (Å²) in [6, 6.07) is 17.6. The molecule has 0 spiro atoms. The molecule has 0 unspecified atom stereocenters. The van der Waals surface area contributed by atoms with Crippen molar-refractivity contribution in [1.29, 1.82) is 0 Å². The summed E-state index contributed by atoms with van der Waals surface area (Å²) in [5.74, 6) is -0.768. The highest BCUT2D eigenvalue weighted by atomic mass is 79.9. The number of benzene rings is 3. The van der Waals surface area contributed by atoms with E-state index in [1.54, 1.807) is 18.2 Å². The molecule has 4 aromatic rings. The molecule has 1 radical (unpaired) electrons. The summed E-state index contributed by atoms with van der Waals surface area (Å²) >= 11 is 3.29. The Hall–Kier alpha value is -2.66. The van der Waals surface area contributed by atoms with Gasteiger partial charge in [-0.15, -0.1) is 0 Å². The van der Waals surface area contributed by atoms with Crippen LogP contribution >= 0.6 is 15.9 Å². The van der Waals surface area contributed by atoms with Crippen molar-refractivity contribution in [2.45, 2.75) is 13.5 Å². The van der Waals surface area contributed by atoms with E-state index in [9.17, 15) is 9.18 Å². The van der Waals surface area contributed by atoms with Crippen LogP contribution in [0.25, 0.3) is 21.8 Å². The van der Waals surface area contributed by atoms with Gasteiger partial charge in [0, 0.05) is 26.4 Å². The summed E-state index contributed by atoms with van der Waals surface area (Å²) in [5, 5.41) is 1.57. The van der Waals surface area contributed by atoms with Crippen LogP contribution in [0.3, 0.4) is 0 Å². The Labute approximate surface area is 158 Å². The zero-order valence-electron chi connectivity index (χ0n) is 14.0. The van der Waals surface area contributed by atoms with Crippen molar-refractivity contribution in [3.63, 3.8) is 0 Å². The van der Waals surface area contributed by atoms with Gasteiger partial charge in [0.25, 0.3) is 0 Å². The number of fused-ring (bicyclic) bond motifs is 3. The van der Waals surface area contributed by atoms with Crippen molar-refractivity contribution in [3.8, 4) is 0 Å². The van der Waals surface area contributed by atoms with Crippen LogP contribution in [0, 0.1) is 18.8 Å². The number of carbonyl (C=O) groups is 1. The zero-order chi connectivity index (χ0) is 18.4. The molecule has 0 saturated heterocycles. The lowest BCUT2D eigenvalue weighted by molar-refractivity contribution is 0.100. The van der Waals surface area contributed by atoms with Gasteiger partial charge in [-0.25, -0.2) is 4.39 Å². The minimum absolute atomic E-state index is 0.280. The van der Waals surface area contributed by atoms with E-state index in [0.29, 0.717) is 22.1 Å². The van der Waals surface area contributed by atoms with Gasteiger partial charge in [-0.2, -0.15) is 0 Å². The Balaban J connectivity index is 2.05.